The molecule has 0 aliphatic carbocycles. The van der Waals surface area contributed by atoms with Crippen molar-refractivity contribution >= 4 is 17.3 Å². The predicted molar refractivity (Wildman–Crippen MR) is 94.0 cm³/mol. The first kappa shape index (κ1) is 17.1. The molecule has 3 aromatic carbocycles. The highest BCUT2D eigenvalue weighted by Crippen LogP contribution is 2.29. The first-order chi connectivity index (χ1) is 12.5. The number of benzene rings is 3. The lowest BCUT2D eigenvalue weighted by molar-refractivity contribution is -0.384. The van der Waals surface area contributed by atoms with E-state index in [0.717, 1.165) is 12.1 Å². The van der Waals surface area contributed by atoms with E-state index in [1.54, 1.807) is 24.3 Å². The van der Waals surface area contributed by atoms with Gasteiger partial charge in [-0.2, -0.15) is 0 Å². The van der Waals surface area contributed by atoms with Crippen LogP contribution in [0.15, 0.2) is 72.8 Å². The van der Waals surface area contributed by atoms with Gasteiger partial charge in [0.2, 0.25) is 0 Å². The van der Waals surface area contributed by atoms with Crippen LogP contribution in [0.25, 0.3) is 0 Å². The molecular weight excluding hydrogens is 339 g/mol. The number of halogens is 1. The average Bonchev–Trinajstić information content (AvgIpc) is 2.63. The van der Waals surface area contributed by atoms with Crippen molar-refractivity contribution in [2.24, 2.45) is 0 Å². The third-order valence-electron chi connectivity index (χ3n) is 3.45. The van der Waals surface area contributed by atoms with Crippen LogP contribution in [-0.2, 0) is 0 Å². The minimum Gasteiger partial charge on any atom is -0.457 e. The Morgan fingerprint density at radius 3 is 2.31 bits per heavy atom. The fraction of sp³-hybridized carbons (Fsp3) is 0. The number of nitrogens with one attached hydrogen (secondary N) is 1. The smallest absolute Gasteiger partial charge is 0.275 e. The molecule has 0 heterocycles. The maximum absolute atomic E-state index is 13.0. The van der Waals surface area contributed by atoms with Gasteiger partial charge in [0.05, 0.1) is 16.7 Å². The number of nitro groups is 1. The standard InChI is InChI=1S/C19H13FN2O4/c20-14-8-6-13(7-9-14)19(23)21-15-10-16(22(24)25)12-18(11-15)26-17-4-2-1-3-5-17/h1-12H,(H,21,23). The van der Waals surface area contributed by atoms with E-state index in [9.17, 15) is 19.3 Å². The summed E-state index contributed by atoms with van der Waals surface area (Å²) < 4.78 is 18.6. The summed E-state index contributed by atoms with van der Waals surface area (Å²) in [7, 11) is 0. The van der Waals surface area contributed by atoms with Crippen molar-refractivity contribution in [3.63, 3.8) is 0 Å². The van der Waals surface area contributed by atoms with Crippen molar-refractivity contribution < 1.29 is 18.8 Å². The highest BCUT2D eigenvalue weighted by molar-refractivity contribution is 6.04. The first-order valence-electron chi connectivity index (χ1n) is 7.60. The molecule has 7 heteroatoms. The molecule has 0 aromatic heterocycles. The molecule has 26 heavy (non-hydrogen) atoms. The van der Waals surface area contributed by atoms with E-state index >= 15 is 0 Å². The lowest BCUT2D eigenvalue weighted by atomic mass is 10.2. The summed E-state index contributed by atoms with van der Waals surface area (Å²) in [6.45, 7) is 0. The molecule has 3 aromatic rings. The maximum atomic E-state index is 13.0. The summed E-state index contributed by atoms with van der Waals surface area (Å²) >= 11 is 0. The number of nitrogens with zero attached hydrogens (tertiary/aromatic N) is 1. The molecule has 1 amide bonds. The van der Waals surface area contributed by atoms with E-state index < -0.39 is 16.6 Å². The summed E-state index contributed by atoms with van der Waals surface area (Å²) in [5.74, 6) is -0.268. The molecular formula is C19H13FN2O4. The van der Waals surface area contributed by atoms with Crippen molar-refractivity contribution in [2.45, 2.75) is 0 Å². The van der Waals surface area contributed by atoms with Gasteiger partial charge in [-0.15, -0.1) is 0 Å². The SMILES string of the molecule is O=C(Nc1cc(Oc2ccccc2)cc([N+](=O)[O-])c1)c1ccc(F)cc1. The van der Waals surface area contributed by atoms with E-state index in [1.807, 2.05) is 6.07 Å². The molecule has 6 nitrogen and oxygen atoms in total. The number of anilines is 1. The second kappa shape index (κ2) is 7.43. The predicted octanol–water partition coefficient (Wildman–Crippen LogP) is 4.78. The minimum absolute atomic E-state index is 0.194. The van der Waals surface area contributed by atoms with Crippen LogP contribution in [0.5, 0.6) is 11.5 Å². The number of non-ortho nitro benzene ring substituents is 1. The van der Waals surface area contributed by atoms with E-state index in [1.165, 1.54) is 30.3 Å². The molecule has 0 aliphatic rings. The Labute approximate surface area is 148 Å². The van der Waals surface area contributed by atoms with E-state index in [-0.39, 0.29) is 22.7 Å². The van der Waals surface area contributed by atoms with Crippen LogP contribution < -0.4 is 10.1 Å². The lowest BCUT2D eigenvalue weighted by Gasteiger charge is -2.09. The van der Waals surface area contributed by atoms with Gasteiger partial charge >= 0.3 is 0 Å². The van der Waals surface area contributed by atoms with Crippen molar-refractivity contribution in [1.29, 1.82) is 0 Å². The largest absolute Gasteiger partial charge is 0.457 e. The number of hydrogen-bond donors (Lipinski definition) is 1. The number of ether oxygens (including phenoxy) is 1. The molecule has 130 valence electrons. The van der Waals surface area contributed by atoms with Crippen molar-refractivity contribution in [3.05, 3.63) is 94.3 Å². The average molecular weight is 352 g/mol. The number of rotatable bonds is 5. The molecule has 0 aliphatic heterocycles. The molecule has 0 spiro atoms. The molecule has 0 saturated heterocycles. The van der Waals surface area contributed by atoms with Crippen molar-refractivity contribution in [2.75, 3.05) is 5.32 Å². The normalized spacial score (nSPS) is 10.2. The molecule has 0 unspecified atom stereocenters. The third-order valence-corrected chi connectivity index (χ3v) is 3.45. The summed E-state index contributed by atoms with van der Waals surface area (Å²) in [6, 6.07) is 17.7. The molecule has 0 saturated carbocycles. The van der Waals surface area contributed by atoms with Crippen molar-refractivity contribution in [1.82, 2.24) is 0 Å². The van der Waals surface area contributed by atoms with E-state index in [2.05, 4.69) is 5.32 Å². The summed E-state index contributed by atoms with van der Waals surface area (Å²) in [4.78, 5) is 22.8. The zero-order valence-corrected chi connectivity index (χ0v) is 13.4. The first-order valence-corrected chi connectivity index (χ1v) is 7.60. The van der Waals surface area contributed by atoms with Gasteiger partial charge in [-0.05, 0) is 36.4 Å². The second-order valence-electron chi connectivity index (χ2n) is 5.35. The number of carbonyl (C=O) groups excluding carboxylic acids is 1. The van der Waals surface area contributed by atoms with Crippen LogP contribution in [0.4, 0.5) is 15.8 Å². The molecule has 3 rings (SSSR count). The quantitative estimate of drug-likeness (QED) is 0.529. The van der Waals surface area contributed by atoms with Gasteiger partial charge in [-0.1, -0.05) is 18.2 Å². The minimum atomic E-state index is -0.578. The molecule has 0 atom stereocenters. The Hall–Kier alpha value is -3.74. The van der Waals surface area contributed by atoms with Crippen LogP contribution in [0, 0.1) is 15.9 Å². The Morgan fingerprint density at radius 1 is 0.962 bits per heavy atom. The zero-order valence-electron chi connectivity index (χ0n) is 13.4. The highest BCUT2D eigenvalue weighted by Gasteiger charge is 2.14. The Morgan fingerprint density at radius 2 is 1.65 bits per heavy atom. The third kappa shape index (κ3) is 4.21. The summed E-state index contributed by atoms with van der Waals surface area (Å²) in [5.41, 5.74) is 0.190. The van der Waals surface area contributed by atoms with Gasteiger partial charge in [0.1, 0.15) is 17.3 Å². The topological polar surface area (TPSA) is 81.5 Å². The fourth-order valence-electron chi connectivity index (χ4n) is 2.25. The maximum Gasteiger partial charge on any atom is 0.275 e. The Bertz CT molecular complexity index is 944. The molecule has 0 fully saturated rings. The number of hydrogen-bond acceptors (Lipinski definition) is 4. The number of para-hydroxylation sites is 1. The Balaban J connectivity index is 1.87. The van der Waals surface area contributed by atoms with Gasteiger partial charge in [-0.3, -0.25) is 14.9 Å². The zero-order chi connectivity index (χ0) is 18.5. The van der Waals surface area contributed by atoms with Gasteiger partial charge in [0, 0.05) is 17.7 Å². The van der Waals surface area contributed by atoms with Crippen molar-refractivity contribution in [3.8, 4) is 11.5 Å². The van der Waals surface area contributed by atoms with Gasteiger partial charge in [-0.25, -0.2) is 4.39 Å². The Kier molecular flexibility index (Phi) is 4.89. The van der Waals surface area contributed by atoms with Gasteiger partial charge in [0.15, 0.2) is 0 Å². The highest BCUT2D eigenvalue weighted by atomic mass is 19.1. The van der Waals surface area contributed by atoms with Crippen LogP contribution in [0.2, 0.25) is 0 Å². The van der Waals surface area contributed by atoms with Crippen LogP contribution in [0.3, 0.4) is 0 Å². The number of amides is 1. The lowest BCUT2D eigenvalue weighted by Crippen LogP contribution is -2.12. The summed E-state index contributed by atoms with van der Waals surface area (Å²) in [6.07, 6.45) is 0. The molecule has 0 bridgehead atoms. The van der Waals surface area contributed by atoms with Crippen LogP contribution in [0.1, 0.15) is 10.4 Å². The van der Waals surface area contributed by atoms with E-state index in [0.29, 0.717) is 5.75 Å². The molecule has 0 radical (unpaired) electrons. The number of carbonyl (C=O) groups is 1. The van der Waals surface area contributed by atoms with Crippen LogP contribution in [-0.4, -0.2) is 10.8 Å². The molecule has 1 N–H and O–H groups in total. The van der Waals surface area contributed by atoms with Gasteiger partial charge in [0.25, 0.3) is 11.6 Å². The second-order valence-corrected chi connectivity index (χ2v) is 5.35. The van der Waals surface area contributed by atoms with Gasteiger partial charge < -0.3 is 10.1 Å². The number of nitro benzene ring substituents is 1. The fourth-order valence-corrected chi connectivity index (χ4v) is 2.25. The summed E-state index contributed by atoms with van der Waals surface area (Å²) in [5, 5.41) is 13.7. The van der Waals surface area contributed by atoms with E-state index in [4.69, 9.17) is 4.74 Å². The van der Waals surface area contributed by atoms with Crippen LogP contribution >= 0.6 is 0 Å². The monoisotopic (exact) mass is 352 g/mol.